The molecule has 0 bridgehead atoms. The van der Waals surface area contributed by atoms with Crippen LogP contribution in [0.1, 0.15) is 41.0 Å². The summed E-state index contributed by atoms with van der Waals surface area (Å²) < 4.78 is 14.7. The largest absolute Gasteiger partial charge is 0.371 e. The number of anilines is 1. The van der Waals surface area contributed by atoms with Crippen LogP contribution in [0, 0.1) is 18.7 Å². The summed E-state index contributed by atoms with van der Waals surface area (Å²) in [4.78, 5) is 12.8. The molecule has 1 heterocycles. The van der Waals surface area contributed by atoms with E-state index >= 15 is 0 Å². The van der Waals surface area contributed by atoms with E-state index in [1.807, 2.05) is 19.1 Å². The highest BCUT2D eigenvalue weighted by Gasteiger charge is 2.46. The first-order valence-corrected chi connectivity index (χ1v) is 9.06. The lowest BCUT2D eigenvalue weighted by molar-refractivity contribution is -0.123. The van der Waals surface area contributed by atoms with Gasteiger partial charge in [-0.15, -0.1) is 0 Å². The third-order valence-electron chi connectivity index (χ3n) is 5.81. The molecule has 0 spiro atoms. The third kappa shape index (κ3) is 2.35. The van der Waals surface area contributed by atoms with E-state index in [4.69, 9.17) is 0 Å². The Balaban J connectivity index is 1.63. The molecule has 1 aliphatic heterocycles. The van der Waals surface area contributed by atoms with Crippen molar-refractivity contribution >= 4 is 11.6 Å². The Morgan fingerprint density at radius 3 is 2.80 bits per heavy atom. The van der Waals surface area contributed by atoms with Crippen LogP contribution in [0.25, 0.3) is 0 Å². The van der Waals surface area contributed by atoms with E-state index in [0.29, 0.717) is 11.7 Å². The molecule has 3 atom stereocenters. The van der Waals surface area contributed by atoms with Gasteiger partial charge >= 0.3 is 0 Å². The van der Waals surface area contributed by atoms with Crippen LogP contribution in [0.4, 0.5) is 10.1 Å². The zero-order valence-corrected chi connectivity index (χ0v) is 14.2. The molecule has 128 valence electrons. The lowest BCUT2D eigenvalue weighted by atomic mass is 9.77. The number of carbonyl (C=O) groups is 1. The van der Waals surface area contributed by atoms with E-state index in [2.05, 4.69) is 28.8 Å². The molecule has 3 aliphatic rings. The van der Waals surface area contributed by atoms with Crippen molar-refractivity contribution in [2.45, 2.75) is 44.2 Å². The summed E-state index contributed by atoms with van der Waals surface area (Å²) in [7, 11) is 0. The maximum Gasteiger partial charge on any atom is 0.243 e. The molecule has 1 fully saturated rings. The Kier molecular flexibility index (Phi) is 3.18. The normalized spacial score (nSPS) is 26.2. The first kappa shape index (κ1) is 14.9. The van der Waals surface area contributed by atoms with Gasteiger partial charge in [-0.3, -0.25) is 4.79 Å². The van der Waals surface area contributed by atoms with E-state index in [1.165, 1.54) is 11.1 Å². The van der Waals surface area contributed by atoms with Gasteiger partial charge < -0.3 is 10.6 Å². The second-order valence-corrected chi connectivity index (χ2v) is 7.66. The van der Waals surface area contributed by atoms with Gasteiger partial charge in [0.1, 0.15) is 11.9 Å². The fourth-order valence-corrected chi connectivity index (χ4v) is 4.54. The van der Waals surface area contributed by atoms with Crippen LogP contribution in [-0.2, 0) is 11.2 Å². The lowest BCUT2D eigenvalue weighted by Gasteiger charge is -2.37. The van der Waals surface area contributed by atoms with E-state index in [9.17, 15) is 9.18 Å². The summed E-state index contributed by atoms with van der Waals surface area (Å²) in [5.74, 6) is -0.0420. The lowest BCUT2D eigenvalue weighted by Crippen LogP contribution is -2.49. The highest BCUT2D eigenvalue weighted by atomic mass is 19.1. The topological polar surface area (TPSA) is 41.1 Å². The Hall–Kier alpha value is -2.36. The molecule has 0 aromatic heterocycles. The Bertz CT molecular complexity index is 874. The monoisotopic (exact) mass is 336 g/mol. The number of aryl methyl sites for hydroxylation is 1. The van der Waals surface area contributed by atoms with Crippen LogP contribution in [0.15, 0.2) is 36.4 Å². The first-order chi connectivity index (χ1) is 12.1. The van der Waals surface area contributed by atoms with Crippen molar-refractivity contribution < 1.29 is 9.18 Å². The number of rotatable bonds is 2. The minimum atomic E-state index is -0.386. The van der Waals surface area contributed by atoms with Crippen molar-refractivity contribution in [3.63, 3.8) is 0 Å². The number of nitrogens with one attached hydrogen (secondary N) is 2. The Labute approximate surface area is 146 Å². The van der Waals surface area contributed by atoms with Gasteiger partial charge in [0.15, 0.2) is 0 Å². The molecule has 3 nitrogen and oxygen atoms in total. The number of fused-ring (bicyclic) bond motifs is 5. The smallest absolute Gasteiger partial charge is 0.243 e. The van der Waals surface area contributed by atoms with Gasteiger partial charge in [-0.2, -0.15) is 0 Å². The zero-order valence-electron chi connectivity index (χ0n) is 14.2. The first-order valence-electron chi connectivity index (χ1n) is 9.06. The average Bonchev–Trinajstić information content (AvgIpc) is 3.31. The van der Waals surface area contributed by atoms with Crippen molar-refractivity contribution in [2.75, 3.05) is 5.32 Å². The van der Waals surface area contributed by atoms with Crippen molar-refractivity contribution in [1.82, 2.24) is 5.32 Å². The molecule has 2 aromatic rings. The summed E-state index contributed by atoms with van der Waals surface area (Å²) >= 11 is 0. The predicted molar refractivity (Wildman–Crippen MR) is 95.2 cm³/mol. The third-order valence-corrected chi connectivity index (χ3v) is 5.81. The summed E-state index contributed by atoms with van der Waals surface area (Å²) in [5, 5.41) is 6.35. The number of hydrogen-bond donors (Lipinski definition) is 2. The standard InChI is InChI=1S/C21H21FN2O/c1-11-8-15-18-14-5-3-2-4-12(14)10-16(18)20(21(25)23-13-6-7-13)24-19(15)17(22)9-11/h2-5,8-9,13,16,18,20,24H,6-7,10H2,1H3,(H,23,25). The van der Waals surface area contributed by atoms with Crippen LogP contribution in [0.3, 0.4) is 0 Å². The molecule has 4 heteroatoms. The molecule has 1 amide bonds. The van der Waals surface area contributed by atoms with Crippen molar-refractivity contribution in [2.24, 2.45) is 5.92 Å². The molecule has 3 unspecified atom stereocenters. The quantitative estimate of drug-likeness (QED) is 0.881. The summed E-state index contributed by atoms with van der Waals surface area (Å²) in [6.45, 7) is 1.92. The number of carbonyl (C=O) groups excluding carboxylic acids is 1. The maximum atomic E-state index is 14.7. The fraction of sp³-hybridized carbons (Fsp3) is 0.381. The molecule has 2 aromatic carbocycles. The number of hydrogen-bond acceptors (Lipinski definition) is 2. The number of amides is 1. The number of halogens is 1. The molecule has 0 radical (unpaired) electrons. The average molecular weight is 336 g/mol. The van der Waals surface area contributed by atoms with Gasteiger partial charge in [-0.1, -0.05) is 30.3 Å². The van der Waals surface area contributed by atoms with Crippen LogP contribution in [-0.4, -0.2) is 18.0 Å². The Morgan fingerprint density at radius 1 is 1.20 bits per heavy atom. The van der Waals surface area contributed by atoms with Gasteiger partial charge in [0.25, 0.3) is 0 Å². The van der Waals surface area contributed by atoms with E-state index < -0.39 is 0 Å². The summed E-state index contributed by atoms with van der Waals surface area (Å²) in [6.07, 6.45) is 2.96. The van der Waals surface area contributed by atoms with Crippen LogP contribution in [0.2, 0.25) is 0 Å². The van der Waals surface area contributed by atoms with Gasteiger partial charge in [0, 0.05) is 17.9 Å². The highest BCUT2D eigenvalue weighted by molar-refractivity contribution is 5.87. The minimum absolute atomic E-state index is 0.0101. The van der Waals surface area contributed by atoms with Crippen molar-refractivity contribution in [1.29, 1.82) is 0 Å². The van der Waals surface area contributed by atoms with Gasteiger partial charge in [-0.05, 0) is 54.5 Å². The van der Waals surface area contributed by atoms with E-state index in [1.54, 1.807) is 6.07 Å². The minimum Gasteiger partial charge on any atom is -0.371 e. The molecule has 0 saturated heterocycles. The second-order valence-electron chi connectivity index (χ2n) is 7.66. The summed E-state index contributed by atoms with van der Waals surface area (Å²) in [5.41, 5.74) is 4.92. The van der Waals surface area contributed by atoms with Crippen LogP contribution >= 0.6 is 0 Å². The van der Waals surface area contributed by atoms with Crippen molar-refractivity contribution in [3.8, 4) is 0 Å². The molecule has 1 saturated carbocycles. The Morgan fingerprint density at radius 2 is 2.00 bits per heavy atom. The zero-order chi connectivity index (χ0) is 17.1. The molecule has 2 aliphatic carbocycles. The number of benzene rings is 2. The predicted octanol–water partition coefficient (Wildman–Crippen LogP) is 3.51. The molecular formula is C21H21FN2O. The van der Waals surface area contributed by atoms with Crippen LogP contribution in [0.5, 0.6) is 0 Å². The second kappa shape index (κ2) is 5.32. The van der Waals surface area contributed by atoms with Gasteiger partial charge in [0.2, 0.25) is 5.91 Å². The highest BCUT2D eigenvalue weighted by Crippen LogP contribution is 2.50. The van der Waals surface area contributed by atoms with Crippen LogP contribution < -0.4 is 10.6 Å². The summed E-state index contributed by atoms with van der Waals surface area (Å²) in [6, 6.07) is 11.9. The molecule has 25 heavy (non-hydrogen) atoms. The van der Waals surface area contributed by atoms with E-state index in [-0.39, 0.29) is 29.6 Å². The van der Waals surface area contributed by atoms with E-state index in [0.717, 1.165) is 30.4 Å². The SMILES string of the molecule is Cc1cc(F)c2c(c1)C1c3ccccc3CC1C(C(=O)NC1CC1)N2. The fourth-order valence-electron chi connectivity index (χ4n) is 4.54. The molecule has 5 rings (SSSR count). The molecular weight excluding hydrogens is 315 g/mol. The maximum absolute atomic E-state index is 14.7. The van der Waals surface area contributed by atoms with Gasteiger partial charge in [0.05, 0.1) is 5.69 Å². The molecule has 2 N–H and O–H groups in total. The van der Waals surface area contributed by atoms with Gasteiger partial charge in [-0.25, -0.2) is 4.39 Å². The van der Waals surface area contributed by atoms with Crippen molar-refractivity contribution in [3.05, 3.63) is 64.5 Å².